The largest absolute Gasteiger partial charge is 0.480 e. The average molecular weight is 268 g/mol. The summed E-state index contributed by atoms with van der Waals surface area (Å²) in [5, 5.41) is 11.4. The van der Waals surface area contributed by atoms with Gasteiger partial charge in [0.2, 0.25) is 5.91 Å². The van der Waals surface area contributed by atoms with Crippen LogP contribution >= 0.6 is 0 Å². The fourth-order valence-electron chi connectivity index (χ4n) is 1.56. The van der Waals surface area contributed by atoms with Crippen molar-refractivity contribution in [2.24, 2.45) is 5.73 Å². The SMILES string of the molecule is C[C@H](N)C(=O)N[C@H](CCc1cccc(F)c1)C(=O)O. The summed E-state index contributed by atoms with van der Waals surface area (Å²) in [5.74, 6) is -2.03. The van der Waals surface area contributed by atoms with Gasteiger partial charge in [0.25, 0.3) is 0 Å². The van der Waals surface area contributed by atoms with E-state index in [0.717, 1.165) is 0 Å². The number of hydrogen-bond acceptors (Lipinski definition) is 3. The number of carbonyl (C=O) groups excluding carboxylic acids is 1. The normalized spacial score (nSPS) is 13.6. The number of rotatable bonds is 6. The van der Waals surface area contributed by atoms with Crippen LogP contribution in [0.3, 0.4) is 0 Å². The van der Waals surface area contributed by atoms with Crippen molar-refractivity contribution >= 4 is 11.9 Å². The zero-order valence-electron chi connectivity index (χ0n) is 10.6. The van der Waals surface area contributed by atoms with E-state index in [2.05, 4.69) is 5.32 Å². The van der Waals surface area contributed by atoms with E-state index in [1.54, 1.807) is 12.1 Å². The van der Waals surface area contributed by atoms with Gasteiger partial charge in [0, 0.05) is 0 Å². The Balaban J connectivity index is 2.60. The minimum Gasteiger partial charge on any atom is -0.480 e. The summed E-state index contributed by atoms with van der Waals surface area (Å²) in [5.41, 5.74) is 6.04. The van der Waals surface area contributed by atoms with E-state index < -0.39 is 24.0 Å². The Morgan fingerprint density at radius 3 is 2.68 bits per heavy atom. The van der Waals surface area contributed by atoms with Gasteiger partial charge in [-0.2, -0.15) is 0 Å². The third-order valence-electron chi connectivity index (χ3n) is 2.64. The van der Waals surface area contributed by atoms with Gasteiger partial charge in [0.05, 0.1) is 6.04 Å². The van der Waals surface area contributed by atoms with Crippen LogP contribution < -0.4 is 11.1 Å². The smallest absolute Gasteiger partial charge is 0.326 e. The number of nitrogens with two attached hydrogens (primary N) is 1. The Hall–Kier alpha value is -1.95. The summed E-state index contributed by atoms with van der Waals surface area (Å²) < 4.78 is 13.0. The number of halogens is 1. The van der Waals surface area contributed by atoms with Gasteiger partial charge in [-0.05, 0) is 37.5 Å². The Bertz CT molecular complexity index is 463. The highest BCUT2D eigenvalue weighted by Gasteiger charge is 2.21. The second-order valence-corrected chi connectivity index (χ2v) is 4.36. The zero-order chi connectivity index (χ0) is 14.4. The lowest BCUT2D eigenvalue weighted by Gasteiger charge is -2.16. The molecule has 0 aromatic heterocycles. The van der Waals surface area contributed by atoms with Gasteiger partial charge in [-0.15, -0.1) is 0 Å². The summed E-state index contributed by atoms with van der Waals surface area (Å²) in [6, 6.07) is 4.12. The first-order valence-electron chi connectivity index (χ1n) is 5.93. The molecule has 1 rings (SSSR count). The summed E-state index contributed by atoms with van der Waals surface area (Å²) in [6.45, 7) is 1.47. The first kappa shape index (κ1) is 15.1. The number of carboxylic acid groups (broad SMARTS) is 1. The van der Waals surface area contributed by atoms with Crippen LogP contribution in [0.4, 0.5) is 4.39 Å². The Kier molecular flexibility index (Phi) is 5.44. The highest BCUT2D eigenvalue weighted by atomic mass is 19.1. The molecule has 0 radical (unpaired) electrons. The molecule has 0 saturated heterocycles. The van der Waals surface area contributed by atoms with Crippen molar-refractivity contribution in [2.45, 2.75) is 31.8 Å². The Morgan fingerprint density at radius 2 is 2.16 bits per heavy atom. The molecule has 0 aliphatic carbocycles. The van der Waals surface area contributed by atoms with E-state index in [0.29, 0.717) is 12.0 Å². The van der Waals surface area contributed by atoms with Gasteiger partial charge in [-0.1, -0.05) is 12.1 Å². The number of carboxylic acids is 1. The molecular weight excluding hydrogens is 251 g/mol. The number of aryl methyl sites for hydroxylation is 1. The summed E-state index contributed by atoms with van der Waals surface area (Å²) in [7, 11) is 0. The van der Waals surface area contributed by atoms with Crippen LogP contribution in [0, 0.1) is 5.82 Å². The van der Waals surface area contributed by atoms with Gasteiger partial charge >= 0.3 is 5.97 Å². The minimum absolute atomic E-state index is 0.178. The van der Waals surface area contributed by atoms with Crippen molar-refractivity contribution in [3.05, 3.63) is 35.6 Å². The molecule has 104 valence electrons. The predicted molar refractivity (Wildman–Crippen MR) is 67.9 cm³/mol. The topological polar surface area (TPSA) is 92.4 Å². The molecule has 1 aromatic carbocycles. The van der Waals surface area contributed by atoms with Crippen LogP contribution in [0.1, 0.15) is 18.9 Å². The number of hydrogen-bond donors (Lipinski definition) is 3. The fraction of sp³-hybridized carbons (Fsp3) is 0.385. The number of nitrogens with one attached hydrogen (secondary N) is 1. The van der Waals surface area contributed by atoms with E-state index in [1.807, 2.05) is 0 Å². The molecule has 0 fully saturated rings. The number of benzene rings is 1. The maximum atomic E-state index is 13.0. The van der Waals surface area contributed by atoms with Crippen molar-refractivity contribution < 1.29 is 19.1 Å². The van der Waals surface area contributed by atoms with E-state index >= 15 is 0 Å². The minimum atomic E-state index is -1.13. The lowest BCUT2D eigenvalue weighted by molar-refractivity contribution is -0.142. The number of amides is 1. The summed E-state index contributed by atoms with van der Waals surface area (Å²) in [4.78, 5) is 22.4. The molecule has 0 heterocycles. The van der Waals surface area contributed by atoms with Crippen LogP contribution in [0.25, 0.3) is 0 Å². The maximum Gasteiger partial charge on any atom is 0.326 e. The monoisotopic (exact) mass is 268 g/mol. The maximum absolute atomic E-state index is 13.0. The van der Waals surface area contributed by atoms with Crippen molar-refractivity contribution in [1.82, 2.24) is 5.32 Å². The van der Waals surface area contributed by atoms with E-state index in [9.17, 15) is 14.0 Å². The standard InChI is InChI=1S/C13H17FN2O3/c1-8(15)12(17)16-11(13(18)19)6-5-9-3-2-4-10(14)7-9/h2-4,7-8,11H,5-6,15H2,1H3,(H,16,17)(H,18,19)/t8-,11+/m0/s1. The lowest BCUT2D eigenvalue weighted by atomic mass is 10.0. The molecule has 0 aliphatic rings. The molecule has 2 atom stereocenters. The average Bonchev–Trinajstić information content (AvgIpc) is 2.33. The number of carbonyl (C=O) groups is 2. The highest BCUT2D eigenvalue weighted by molar-refractivity contribution is 5.86. The van der Waals surface area contributed by atoms with Crippen LogP contribution in [0.5, 0.6) is 0 Å². The molecule has 1 amide bonds. The lowest BCUT2D eigenvalue weighted by Crippen LogP contribution is -2.47. The summed E-state index contributed by atoms with van der Waals surface area (Å²) in [6.07, 6.45) is 0.533. The van der Waals surface area contributed by atoms with Crippen molar-refractivity contribution in [2.75, 3.05) is 0 Å². The van der Waals surface area contributed by atoms with Gasteiger partial charge in [-0.3, -0.25) is 4.79 Å². The van der Waals surface area contributed by atoms with Gasteiger partial charge in [-0.25, -0.2) is 9.18 Å². The fourth-order valence-corrected chi connectivity index (χ4v) is 1.56. The molecule has 0 saturated carbocycles. The molecule has 19 heavy (non-hydrogen) atoms. The van der Waals surface area contributed by atoms with Gasteiger partial charge in [0.15, 0.2) is 0 Å². The highest BCUT2D eigenvalue weighted by Crippen LogP contribution is 2.08. The van der Waals surface area contributed by atoms with Crippen LogP contribution in [-0.4, -0.2) is 29.1 Å². The molecule has 0 unspecified atom stereocenters. The van der Waals surface area contributed by atoms with E-state index in [-0.39, 0.29) is 12.2 Å². The Morgan fingerprint density at radius 1 is 1.47 bits per heavy atom. The molecule has 0 aliphatic heterocycles. The third-order valence-corrected chi connectivity index (χ3v) is 2.64. The van der Waals surface area contributed by atoms with Crippen LogP contribution in [-0.2, 0) is 16.0 Å². The first-order valence-corrected chi connectivity index (χ1v) is 5.93. The zero-order valence-corrected chi connectivity index (χ0v) is 10.6. The predicted octanol–water partition coefficient (Wildman–Crippen LogP) is 0.675. The third kappa shape index (κ3) is 5.05. The van der Waals surface area contributed by atoms with Crippen LogP contribution in [0.15, 0.2) is 24.3 Å². The van der Waals surface area contributed by atoms with Crippen molar-refractivity contribution in [1.29, 1.82) is 0 Å². The van der Waals surface area contributed by atoms with Crippen molar-refractivity contribution in [3.63, 3.8) is 0 Å². The molecule has 0 spiro atoms. The number of aliphatic carboxylic acids is 1. The molecule has 5 nitrogen and oxygen atoms in total. The Labute approximate surface area is 110 Å². The molecule has 4 N–H and O–H groups in total. The molecule has 1 aromatic rings. The molecular formula is C13H17FN2O3. The first-order chi connectivity index (χ1) is 8.90. The van der Waals surface area contributed by atoms with E-state index in [4.69, 9.17) is 10.8 Å². The molecule has 0 bridgehead atoms. The van der Waals surface area contributed by atoms with Crippen molar-refractivity contribution in [3.8, 4) is 0 Å². The molecule has 6 heteroatoms. The second kappa shape index (κ2) is 6.84. The van der Waals surface area contributed by atoms with Crippen LogP contribution in [0.2, 0.25) is 0 Å². The second-order valence-electron chi connectivity index (χ2n) is 4.36. The quantitative estimate of drug-likeness (QED) is 0.707. The van der Waals surface area contributed by atoms with E-state index in [1.165, 1.54) is 19.1 Å². The van der Waals surface area contributed by atoms with Gasteiger partial charge < -0.3 is 16.2 Å². The summed E-state index contributed by atoms with van der Waals surface area (Å²) >= 11 is 0. The van der Waals surface area contributed by atoms with Gasteiger partial charge in [0.1, 0.15) is 11.9 Å².